The van der Waals surface area contributed by atoms with Crippen LogP contribution in [-0.4, -0.2) is 21.8 Å². The molecule has 1 saturated carbocycles. The summed E-state index contributed by atoms with van der Waals surface area (Å²) in [6.07, 6.45) is 3.25. The minimum Gasteiger partial charge on any atom is -0.379 e. The number of thioether (sulfide) groups is 1. The van der Waals surface area contributed by atoms with E-state index in [1.165, 1.54) is 30.0 Å². The highest BCUT2D eigenvalue weighted by Gasteiger charge is 2.48. The van der Waals surface area contributed by atoms with Crippen LogP contribution in [0.5, 0.6) is 0 Å². The van der Waals surface area contributed by atoms with Gasteiger partial charge in [0, 0.05) is 23.1 Å². The number of nitrogens with one attached hydrogen (secondary N) is 1. The first-order chi connectivity index (χ1) is 13.4. The van der Waals surface area contributed by atoms with Gasteiger partial charge in [-0.05, 0) is 37.0 Å². The first-order valence-electron chi connectivity index (χ1n) is 8.79. The topological polar surface area (TPSA) is 80.4 Å². The van der Waals surface area contributed by atoms with Crippen LogP contribution >= 0.6 is 11.8 Å². The summed E-state index contributed by atoms with van der Waals surface area (Å²) in [6, 6.07) is 4.72. The summed E-state index contributed by atoms with van der Waals surface area (Å²) in [6.45, 7) is 0. The van der Waals surface area contributed by atoms with Crippen LogP contribution in [0, 0.1) is 23.4 Å². The Balaban J connectivity index is 1.68. The van der Waals surface area contributed by atoms with Crippen molar-refractivity contribution < 1.29 is 18.0 Å². The van der Waals surface area contributed by atoms with E-state index in [0.717, 1.165) is 24.8 Å². The molecule has 0 bridgehead atoms. The second-order valence-corrected chi connectivity index (χ2v) is 7.95. The maximum absolute atomic E-state index is 14.7. The molecule has 1 fully saturated rings. The quantitative estimate of drug-likeness (QED) is 0.812. The molecule has 5 nitrogen and oxygen atoms in total. The van der Waals surface area contributed by atoms with Crippen LogP contribution < -0.4 is 11.1 Å². The van der Waals surface area contributed by atoms with E-state index in [-0.39, 0.29) is 11.6 Å². The van der Waals surface area contributed by atoms with Crippen molar-refractivity contribution in [3.63, 3.8) is 0 Å². The Hall–Kier alpha value is -2.55. The van der Waals surface area contributed by atoms with Crippen LogP contribution in [0.2, 0.25) is 0 Å². The highest BCUT2D eigenvalue weighted by molar-refractivity contribution is 8.13. The van der Waals surface area contributed by atoms with Gasteiger partial charge in [0.1, 0.15) is 11.6 Å². The lowest BCUT2D eigenvalue weighted by atomic mass is 9.81. The minimum absolute atomic E-state index is 0.154. The molecule has 2 heterocycles. The molecule has 2 aromatic rings. The smallest absolute Gasteiger partial charge is 0.277 e. The molecule has 4 rings (SSSR count). The third-order valence-electron chi connectivity index (χ3n) is 5.24. The number of hydrogen-bond donors (Lipinski definition) is 2. The van der Waals surface area contributed by atoms with E-state index in [1.54, 1.807) is 0 Å². The lowest BCUT2D eigenvalue weighted by molar-refractivity contribution is 0.101. The van der Waals surface area contributed by atoms with Crippen molar-refractivity contribution in [2.75, 3.05) is 11.1 Å². The van der Waals surface area contributed by atoms with Crippen molar-refractivity contribution in [3.8, 4) is 0 Å². The molecule has 1 aliphatic heterocycles. The Morgan fingerprint density at radius 2 is 2.07 bits per heavy atom. The number of benzene rings is 1. The Morgan fingerprint density at radius 1 is 1.25 bits per heavy atom. The monoisotopic (exact) mass is 406 g/mol. The molecule has 1 aromatic carbocycles. The number of carbonyl (C=O) groups is 1. The third-order valence-corrected chi connectivity index (χ3v) is 6.20. The number of rotatable bonds is 3. The number of aliphatic imine (C=N–C) groups is 1. The molecule has 0 saturated heterocycles. The Kier molecular flexibility index (Phi) is 4.78. The van der Waals surface area contributed by atoms with Crippen LogP contribution in [0.4, 0.5) is 18.9 Å². The summed E-state index contributed by atoms with van der Waals surface area (Å²) in [5.74, 6) is -2.32. The second kappa shape index (κ2) is 7.12. The summed E-state index contributed by atoms with van der Waals surface area (Å²) < 4.78 is 41.5. The molecule has 0 spiro atoms. The molecule has 1 aromatic heterocycles. The highest BCUT2D eigenvalue weighted by atomic mass is 32.2. The lowest BCUT2D eigenvalue weighted by Gasteiger charge is -2.36. The van der Waals surface area contributed by atoms with Crippen molar-refractivity contribution >= 4 is 28.5 Å². The van der Waals surface area contributed by atoms with Gasteiger partial charge in [0.2, 0.25) is 0 Å². The van der Waals surface area contributed by atoms with Gasteiger partial charge in [0.15, 0.2) is 16.7 Å². The molecule has 3 N–H and O–H groups in total. The minimum atomic E-state index is -1.07. The number of anilines is 1. The first-order valence-corrected chi connectivity index (χ1v) is 9.78. The zero-order valence-corrected chi connectivity index (χ0v) is 15.5. The molecule has 2 aliphatic rings. The molecule has 0 unspecified atom stereocenters. The summed E-state index contributed by atoms with van der Waals surface area (Å²) in [7, 11) is 0. The predicted molar refractivity (Wildman–Crippen MR) is 102 cm³/mol. The fourth-order valence-electron chi connectivity index (χ4n) is 3.97. The van der Waals surface area contributed by atoms with E-state index >= 15 is 0 Å². The third kappa shape index (κ3) is 3.23. The van der Waals surface area contributed by atoms with Gasteiger partial charge in [0.05, 0.1) is 11.7 Å². The van der Waals surface area contributed by atoms with Crippen molar-refractivity contribution in [2.24, 2.45) is 16.6 Å². The predicted octanol–water partition coefficient (Wildman–Crippen LogP) is 3.81. The van der Waals surface area contributed by atoms with Gasteiger partial charge < -0.3 is 11.1 Å². The number of hydrogen-bond acceptors (Lipinski definition) is 5. The fraction of sp³-hybridized carbons (Fsp3) is 0.316. The van der Waals surface area contributed by atoms with Gasteiger partial charge in [-0.3, -0.25) is 9.79 Å². The van der Waals surface area contributed by atoms with Gasteiger partial charge in [0.25, 0.3) is 5.91 Å². The number of carbonyl (C=O) groups excluding carboxylic acids is 1. The number of nitrogens with two attached hydrogens (primary N) is 1. The summed E-state index contributed by atoms with van der Waals surface area (Å²) >= 11 is 1.46. The molecular formula is C19H17F3N4OS. The van der Waals surface area contributed by atoms with Crippen LogP contribution in [0.1, 0.15) is 35.3 Å². The Bertz CT molecular complexity index is 984. The molecule has 146 valence electrons. The standard InChI is InChI=1S/C19H17F3N4OS/c20-11-6-15(22)16(24-8-11)17(27)25-12-3-4-14(21)13(7-12)19-5-1-2-10(19)9-28-18(23)26-19/h3-4,6-8,10H,1-2,5,9H2,(H2,23,26)(H,25,27)/t10-,19-/m0/s1. The number of amides is 1. The zero-order chi connectivity index (χ0) is 19.9. The summed E-state index contributed by atoms with van der Waals surface area (Å²) in [4.78, 5) is 20.4. The van der Waals surface area contributed by atoms with Crippen molar-refractivity contribution in [2.45, 2.75) is 24.8 Å². The maximum atomic E-state index is 14.7. The first kappa shape index (κ1) is 18.8. The number of fused-ring (bicyclic) bond motifs is 1. The van der Waals surface area contributed by atoms with Gasteiger partial charge in [-0.15, -0.1) is 0 Å². The van der Waals surface area contributed by atoms with Crippen LogP contribution in [0.15, 0.2) is 35.5 Å². The Morgan fingerprint density at radius 3 is 2.86 bits per heavy atom. The van der Waals surface area contributed by atoms with Gasteiger partial charge in [-0.1, -0.05) is 18.2 Å². The number of amidine groups is 1. The van der Waals surface area contributed by atoms with Gasteiger partial charge in [-0.2, -0.15) is 0 Å². The van der Waals surface area contributed by atoms with E-state index in [2.05, 4.69) is 15.3 Å². The van der Waals surface area contributed by atoms with Gasteiger partial charge in [-0.25, -0.2) is 18.2 Å². The Labute approximate surface area is 163 Å². The van der Waals surface area contributed by atoms with Crippen LogP contribution in [0.25, 0.3) is 0 Å². The molecule has 1 aliphatic carbocycles. The molecule has 0 radical (unpaired) electrons. The second-order valence-electron chi connectivity index (χ2n) is 6.91. The van der Waals surface area contributed by atoms with Crippen molar-refractivity contribution in [1.29, 1.82) is 0 Å². The zero-order valence-electron chi connectivity index (χ0n) is 14.7. The number of aromatic nitrogens is 1. The SMILES string of the molecule is NC1=N[C@@]2(c3cc(NC(=O)c4ncc(F)cc4F)ccc3F)CCC[C@H]2CS1. The van der Waals surface area contributed by atoms with Gasteiger partial charge >= 0.3 is 0 Å². The fourth-order valence-corrected chi connectivity index (χ4v) is 5.01. The van der Waals surface area contributed by atoms with E-state index < -0.39 is 34.6 Å². The van der Waals surface area contributed by atoms with Crippen molar-refractivity contribution in [3.05, 3.63) is 59.2 Å². The van der Waals surface area contributed by atoms with Crippen molar-refractivity contribution in [1.82, 2.24) is 4.98 Å². The molecule has 9 heteroatoms. The molecular weight excluding hydrogens is 389 g/mol. The van der Waals surface area contributed by atoms with E-state index in [1.807, 2.05) is 0 Å². The van der Waals surface area contributed by atoms with Crippen LogP contribution in [0.3, 0.4) is 0 Å². The summed E-state index contributed by atoms with van der Waals surface area (Å²) in [5, 5.41) is 2.92. The maximum Gasteiger partial charge on any atom is 0.277 e. The summed E-state index contributed by atoms with van der Waals surface area (Å²) in [5.41, 5.74) is 5.28. The molecule has 28 heavy (non-hydrogen) atoms. The molecule has 1 amide bonds. The lowest BCUT2D eigenvalue weighted by Crippen LogP contribution is -2.37. The van der Waals surface area contributed by atoms with Crippen LogP contribution in [-0.2, 0) is 5.54 Å². The number of pyridine rings is 1. The molecule has 2 atom stereocenters. The highest BCUT2D eigenvalue weighted by Crippen LogP contribution is 2.51. The normalized spacial score (nSPS) is 23.8. The largest absolute Gasteiger partial charge is 0.379 e. The van der Waals surface area contributed by atoms with E-state index in [4.69, 9.17) is 5.73 Å². The van der Waals surface area contributed by atoms with E-state index in [0.29, 0.717) is 23.2 Å². The average molecular weight is 406 g/mol. The number of halogens is 3. The average Bonchev–Trinajstić information content (AvgIpc) is 3.07. The number of nitrogens with zero attached hydrogens (tertiary/aromatic N) is 2. The van der Waals surface area contributed by atoms with E-state index in [9.17, 15) is 18.0 Å².